The Balaban J connectivity index is 2.05. The maximum Gasteiger partial charge on any atom is 0.0897 e. The number of ether oxygens (including phenoxy) is 1. The molecule has 3 unspecified atom stereocenters. The summed E-state index contributed by atoms with van der Waals surface area (Å²) < 4.78 is 16.7. The smallest absolute Gasteiger partial charge is 0.0897 e. The van der Waals surface area contributed by atoms with E-state index in [0.29, 0.717) is 25.0 Å². The van der Waals surface area contributed by atoms with Gasteiger partial charge in [-0.3, -0.25) is 4.21 Å². The predicted octanol–water partition coefficient (Wildman–Crippen LogP) is 1.05. The second-order valence-corrected chi connectivity index (χ2v) is 6.78. The number of nitrogens with one attached hydrogen (secondary N) is 1. The number of hydrogen-bond donors (Lipinski definition) is 2. The molecule has 3 atom stereocenters. The summed E-state index contributed by atoms with van der Waals surface area (Å²) in [5.74, 6) is 0.621. The van der Waals surface area contributed by atoms with Crippen LogP contribution in [0, 0.1) is 0 Å². The van der Waals surface area contributed by atoms with Gasteiger partial charge in [-0.05, 0) is 19.8 Å². The molecule has 0 aromatic rings. The maximum atomic E-state index is 11.0. The van der Waals surface area contributed by atoms with Crippen LogP contribution < -0.4 is 5.32 Å². The van der Waals surface area contributed by atoms with Crippen LogP contribution in [0.4, 0.5) is 0 Å². The first-order valence-electron chi connectivity index (χ1n) is 6.91. The minimum absolute atomic E-state index is 0.167. The lowest BCUT2D eigenvalue weighted by Gasteiger charge is -2.24. The van der Waals surface area contributed by atoms with Gasteiger partial charge in [0.15, 0.2) is 0 Å². The van der Waals surface area contributed by atoms with Crippen LogP contribution in [0.5, 0.6) is 0 Å². The van der Waals surface area contributed by atoms with E-state index in [1.54, 1.807) is 6.26 Å². The highest BCUT2D eigenvalue weighted by Crippen LogP contribution is 2.20. The fourth-order valence-corrected chi connectivity index (χ4v) is 3.11. The molecule has 0 spiro atoms. The number of aliphatic hydroxyl groups is 1. The SMILES string of the molecule is CC(CS(C)=O)NCC(O)COC1CCCCC1. The highest BCUT2D eigenvalue weighted by atomic mass is 32.2. The molecule has 0 saturated heterocycles. The minimum atomic E-state index is -0.793. The first-order valence-corrected chi connectivity index (χ1v) is 8.63. The van der Waals surface area contributed by atoms with Gasteiger partial charge in [-0.25, -0.2) is 0 Å². The van der Waals surface area contributed by atoms with E-state index in [9.17, 15) is 9.32 Å². The summed E-state index contributed by atoms with van der Waals surface area (Å²) in [6.45, 7) is 2.89. The topological polar surface area (TPSA) is 58.6 Å². The van der Waals surface area contributed by atoms with Crippen molar-refractivity contribution in [2.45, 2.75) is 57.3 Å². The van der Waals surface area contributed by atoms with E-state index >= 15 is 0 Å². The third-order valence-electron chi connectivity index (χ3n) is 3.26. The third-order valence-corrected chi connectivity index (χ3v) is 4.23. The van der Waals surface area contributed by atoms with Crippen molar-refractivity contribution in [2.75, 3.05) is 25.2 Å². The Morgan fingerprint density at radius 1 is 1.39 bits per heavy atom. The molecule has 0 aliphatic heterocycles. The number of aliphatic hydroxyl groups excluding tert-OH is 1. The van der Waals surface area contributed by atoms with Gasteiger partial charge in [-0.2, -0.15) is 0 Å². The predicted molar refractivity (Wildman–Crippen MR) is 75.2 cm³/mol. The molecule has 1 saturated carbocycles. The number of hydrogen-bond acceptors (Lipinski definition) is 4. The van der Waals surface area contributed by atoms with Crippen molar-refractivity contribution in [2.24, 2.45) is 0 Å². The van der Waals surface area contributed by atoms with Crippen LogP contribution in [-0.4, -0.2) is 52.7 Å². The van der Waals surface area contributed by atoms with Gasteiger partial charge in [-0.15, -0.1) is 0 Å². The van der Waals surface area contributed by atoms with E-state index in [4.69, 9.17) is 4.74 Å². The Hall–Kier alpha value is 0.0300. The van der Waals surface area contributed by atoms with Crippen LogP contribution >= 0.6 is 0 Å². The summed E-state index contributed by atoms with van der Waals surface area (Å²) in [4.78, 5) is 0. The van der Waals surface area contributed by atoms with E-state index in [1.807, 2.05) is 6.92 Å². The summed E-state index contributed by atoms with van der Waals surface area (Å²) in [5.41, 5.74) is 0. The van der Waals surface area contributed by atoms with Crippen molar-refractivity contribution in [3.63, 3.8) is 0 Å². The van der Waals surface area contributed by atoms with Crippen LogP contribution in [-0.2, 0) is 15.5 Å². The Labute approximate surface area is 113 Å². The van der Waals surface area contributed by atoms with Crippen LogP contribution in [0.15, 0.2) is 0 Å². The zero-order chi connectivity index (χ0) is 13.4. The fourth-order valence-electron chi connectivity index (χ4n) is 2.29. The van der Waals surface area contributed by atoms with Crippen molar-refractivity contribution in [1.29, 1.82) is 0 Å². The number of rotatable bonds is 8. The lowest BCUT2D eigenvalue weighted by Crippen LogP contribution is -2.39. The van der Waals surface area contributed by atoms with Crippen molar-refractivity contribution in [1.82, 2.24) is 5.32 Å². The Kier molecular flexibility index (Phi) is 8.06. The van der Waals surface area contributed by atoms with E-state index in [0.717, 1.165) is 12.8 Å². The molecule has 0 aromatic carbocycles. The average molecular weight is 277 g/mol. The molecule has 4 nitrogen and oxygen atoms in total. The highest BCUT2D eigenvalue weighted by molar-refractivity contribution is 7.84. The van der Waals surface area contributed by atoms with E-state index in [2.05, 4.69) is 5.32 Å². The molecular weight excluding hydrogens is 250 g/mol. The second-order valence-electron chi connectivity index (χ2n) is 5.30. The lowest BCUT2D eigenvalue weighted by atomic mass is 9.98. The van der Waals surface area contributed by atoms with Gasteiger partial charge in [0, 0.05) is 35.4 Å². The second kappa shape index (κ2) is 9.02. The molecule has 108 valence electrons. The van der Waals surface area contributed by atoms with Gasteiger partial charge in [-0.1, -0.05) is 19.3 Å². The molecule has 2 N–H and O–H groups in total. The normalized spacial score (nSPS) is 22.6. The molecule has 1 fully saturated rings. The van der Waals surface area contributed by atoms with Crippen LogP contribution in [0.25, 0.3) is 0 Å². The average Bonchev–Trinajstić information content (AvgIpc) is 2.34. The summed E-state index contributed by atoms with van der Waals surface area (Å²) in [6, 6.07) is 0.167. The summed E-state index contributed by atoms with van der Waals surface area (Å²) in [7, 11) is -0.793. The molecule has 0 bridgehead atoms. The zero-order valence-corrected chi connectivity index (χ0v) is 12.4. The monoisotopic (exact) mass is 277 g/mol. The van der Waals surface area contributed by atoms with Gasteiger partial charge >= 0.3 is 0 Å². The van der Waals surface area contributed by atoms with Gasteiger partial charge in [0.05, 0.1) is 18.8 Å². The molecule has 1 aliphatic carbocycles. The van der Waals surface area contributed by atoms with Crippen LogP contribution in [0.1, 0.15) is 39.0 Å². The highest BCUT2D eigenvalue weighted by Gasteiger charge is 2.15. The third kappa shape index (κ3) is 7.46. The van der Waals surface area contributed by atoms with Crippen molar-refractivity contribution >= 4 is 10.8 Å². The first-order chi connectivity index (χ1) is 8.58. The molecule has 0 aromatic heterocycles. The quantitative estimate of drug-likeness (QED) is 0.696. The van der Waals surface area contributed by atoms with Gasteiger partial charge in [0.25, 0.3) is 0 Å². The van der Waals surface area contributed by atoms with Crippen molar-refractivity contribution < 1.29 is 14.1 Å². The Morgan fingerprint density at radius 3 is 2.67 bits per heavy atom. The zero-order valence-electron chi connectivity index (χ0n) is 11.6. The fraction of sp³-hybridized carbons (Fsp3) is 1.00. The molecule has 1 rings (SSSR count). The summed E-state index contributed by atoms with van der Waals surface area (Å²) in [6.07, 6.45) is 7.64. The first kappa shape index (κ1) is 16.1. The Morgan fingerprint density at radius 2 is 2.06 bits per heavy atom. The molecule has 0 radical (unpaired) electrons. The van der Waals surface area contributed by atoms with Gasteiger partial charge in [0.2, 0.25) is 0 Å². The Bertz CT molecular complexity index is 244. The van der Waals surface area contributed by atoms with E-state index in [1.165, 1.54) is 19.3 Å². The van der Waals surface area contributed by atoms with E-state index < -0.39 is 16.9 Å². The largest absolute Gasteiger partial charge is 0.389 e. The molecule has 5 heteroatoms. The maximum absolute atomic E-state index is 11.0. The standard InChI is InChI=1S/C13H27NO3S/c1-11(10-18(2)16)14-8-12(15)9-17-13-6-4-3-5-7-13/h11-15H,3-10H2,1-2H3. The summed E-state index contributed by atoms with van der Waals surface area (Å²) in [5, 5.41) is 13.0. The van der Waals surface area contributed by atoms with Crippen LogP contribution in [0.3, 0.4) is 0 Å². The van der Waals surface area contributed by atoms with Crippen molar-refractivity contribution in [3.05, 3.63) is 0 Å². The molecule has 1 aliphatic rings. The summed E-state index contributed by atoms with van der Waals surface area (Å²) >= 11 is 0. The lowest BCUT2D eigenvalue weighted by molar-refractivity contribution is -0.0233. The van der Waals surface area contributed by atoms with E-state index in [-0.39, 0.29) is 6.04 Å². The van der Waals surface area contributed by atoms with Crippen molar-refractivity contribution in [3.8, 4) is 0 Å². The molecule has 18 heavy (non-hydrogen) atoms. The van der Waals surface area contributed by atoms with Gasteiger partial charge in [0.1, 0.15) is 0 Å². The van der Waals surface area contributed by atoms with Gasteiger partial charge < -0.3 is 15.2 Å². The minimum Gasteiger partial charge on any atom is -0.389 e. The molecule has 0 amide bonds. The molecule has 0 heterocycles. The van der Waals surface area contributed by atoms with Crippen LogP contribution in [0.2, 0.25) is 0 Å². The molecular formula is C13H27NO3S.